The lowest BCUT2D eigenvalue weighted by atomic mass is 9.96. The minimum absolute atomic E-state index is 0.426. The van der Waals surface area contributed by atoms with E-state index in [1.807, 2.05) is 0 Å². The van der Waals surface area contributed by atoms with Gasteiger partial charge in [-0.15, -0.1) is 11.6 Å². The molecular weight excluding hydrogens is 236 g/mol. The molecule has 3 nitrogen and oxygen atoms in total. The average Bonchev–Trinajstić information content (AvgIpc) is 2.70. The zero-order valence-corrected chi connectivity index (χ0v) is 11.2. The summed E-state index contributed by atoms with van der Waals surface area (Å²) >= 11 is 5.73. The molecule has 17 heavy (non-hydrogen) atoms. The molecule has 1 unspecified atom stereocenters. The van der Waals surface area contributed by atoms with Crippen molar-refractivity contribution in [3.8, 4) is 0 Å². The van der Waals surface area contributed by atoms with Gasteiger partial charge in [-0.2, -0.15) is 4.98 Å². The first-order chi connectivity index (χ1) is 8.33. The molecule has 0 spiro atoms. The van der Waals surface area contributed by atoms with Crippen LogP contribution >= 0.6 is 11.6 Å². The Morgan fingerprint density at radius 3 is 3.06 bits per heavy atom. The molecule has 2 heterocycles. The lowest BCUT2D eigenvalue weighted by Gasteiger charge is -2.17. The van der Waals surface area contributed by atoms with E-state index in [-0.39, 0.29) is 0 Å². The Bertz CT molecular complexity index is 340. The summed E-state index contributed by atoms with van der Waals surface area (Å²) in [6.45, 7) is 4.39. The summed E-state index contributed by atoms with van der Waals surface area (Å²) in [5.41, 5.74) is 0.830. The Labute approximate surface area is 108 Å². The van der Waals surface area contributed by atoms with Crippen molar-refractivity contribution in [3.63, 3.8) is 0 Å². The van der Waals surface area contributed by atoms with Crippen LogP contribution in [0.3, 0.4) is 0 Å². The molecule has 1 fully saturated rings. The molecule has 0 aromatic carbocycles. The number of alkyl halides is 1. The third-order valence-electron chi connectivity index (χ3n) is 3.49. The molecular formula is C13H21ClN2O. The molecule has 96 valence electrons. The average molecular weight is 257 g/mol. The summed E-state index contributed by atoms with van der Waals surface area (Å²) in [6, 6.07) is 0.748. The number of hydrogen-bond acceptors (Lipinski definition) is 3. The van der Waals surface area contributed by atoms with E-state index >= 15 is 0 Å². The molecule has 1 saturated heterocycles. The molecule has 0 amide bonds. The maximum Gasteiger partial charge on any atom is 0.297 e. The summed E-state index contributed by atoms with van der Waals surface area (Å²) in [6.07, 6.45) is 8.15. The van der Waals surface area contributed by atoms with Crippen molar-refractivity contribution in [2.24, 2.45) is 5.92 Å². The first kappa shape index (κ1) is 12.7. The van der Waals surface area contributed by atoms with Crippen LogP contribution in [0.25, 0.3) is 0 Å². The van der Waals surface area contributed by atoms with Crippen LogP contribution in [0, 0.1) is 5.92 Å². The van der Waals surface area contributed by atoms with Crippen LogP contribution < -0.4 is 4.90 Å². The summed E-state index contributed by atoms with van der Waals surface area (Å²) in [5, 5.41) is 0. The van der Waals surface area contributed by atoms with Crippen molar-refractivity contribution >= 4 is 17.6 Å². The number of anilines is 1. The number of oxazole rings is 1. The van der Waals surface area contributed by atoms with Gasteiger partial charge in [0.15, 0.2) is 0 Å². The molecule has 1 aliphatic rings. The topological polar surface area (TPSA) is 29.3 Å². The van der Waals surface area contributed by atoms with Gasteiger partial charge in [0.2, 0.25) is 0 Å². The van der Waals surface area contributed by atoms with Gasteiger partial charge in [0, 0.05) is 13.1 Å². The minimum atomic E-state index is 0.426. The molecule has 1 aromatic heterocycles. The predicted molar refractivity (Wildman–Crippen MR) is 70.5 cm³/mol. The van der Waals surface area contributed by atoms with E-state index in [4.69, 9.17) is 16.0 Å². The largest absolute Gasteiger partial charge is 0.432 e. The maximum atomic E-state index is 5.73. The molecule has 1 atom stereocenters. The molecule has 0 aliphatic carbocycles. The van der Waals surface area contributed by atoms with Gasteiger partial charge in [0.25, 0.3) is 6.01 Å². The molecule has 2 rings (SSSR count). The van der Waals surface area contributed by atoms with Crippen LogP contribution in [-0.4, -0.2) is 18.1 Å². The molecule has 0 radical (unpaired) electrons. The van der Waals surface area contributed by atoms with Crippen molar-refractivity contribution in [2.75, 3.05) is 18.0 Å². The Morgan fingerprint density at radius 1 is 1.47 bits per heavy atom. The van der Waals surface area contributed by atoms with E-state index in [1.165, 1.54) is 32.1 Å². The fraction of sp³-hybridized carbons (Fsp3) is 0.769. The van der Waals surface area contributed by atoms with Crippen molar-refractivity contribution in [1.29, 1.82) is 0 Å². The molecule has 4 heteroatoms. The van der Waals surface area contributed by atoms with E-state index in [0.717, 1.165) is 30.7 Å². The van der Waals surface area contributed by atoms with Gasteiger partial charge in [0.05, 0.1) is 11.6 Å². The first-order valence-corrected chi connectivity index (χ1v) is 7.12. The second-order valence-corrected chi connectivity index (χ2v) is 5.09. The first-order valence-electron chi connectivity index (χ1n) is 6.58. The van der Waals surface area contributed by atoms with Gasteiger partial charge in [-0.1, -0.05) is 19.8 Å². The van der Waals surface area contributed by atoms with E-state index in [2.05, 4.69) is 16.8 Å². The van der Waals surface area contributed by atoms with Crippen molar-refractivity contribution in [2.45, 2.75) is 44.9 Å². The van der Waals surface area contributed by atoms with Crippen LogP contribution in [-0.2, 0) is 5.88 Å². The molecule has 0 N–H and O–H groups in total. The van der Waals surface area contributed by atoms with Crippen LogP contribution in [0.1, 0.15) is 44.7 Å². The molecule has 1 aliphatic heterocycles. The lowest BCUT2D eigenvalue weighted by Crippen LogP contribution is -2.24. The van der Waals surface area contributed by atoms with Crippen molar-refractivity contribution in [3.05, 3.63) is 12.0 Å². The van der Waals surface area contributed by atoms with Crippen LogP contribution in [0.4, 0.5) is 6.01 Å². The van der Waals surface area contributed by atoms with Crippen molar-refractivity contribution in [1.82, 2.24) is 4.98 Å². The van der Waals surface area contributed by atoms with Crippen LogP contribution in [0.15, 0.2) is 10.7 Å². The van der Waals surface area contributed by atoms with Crippen LogP contribution in [0.2, 0.25) is 0 Å². The second kappa shape index (κ2) is 6.29. The fourth-order valence-corrected chi connectivity index (χ4v) is 2.68. The highest BCUT2D eigenvalue weighted by atomic mass is 35.5. The molecule has 0 bridgehead atoms. The van der Waals surface area contributed by atoms with E-state index in [0.29, 0.717) is 5.88 Å². The quantitative estimate of drug-likeness (QED) is 0.767. The Hall–Kier alpha value is -0.700. The lowest BCUT2D eigenvalue weighted by molar-refractivity contribution is 0.434. The predicted octanol–water partition coefficient (Wildman–Crippen LogP) is 3.82. The second-order valence-electron chi connectivity index (χ2n) is 4.83. The number of aromatic nitrogens is 1. The highest BCUT2D eigenvalue weighted by molar-refractivity contribution is 6.16. The molecule has 0 saturated carbocycles. The zero-order valence-electron chi connectivity index (χ0n) is 10.5. The maximum absolute atomic E-state index is 5.73. The van der Waals surface area contributed by atoms with Gasteiger partial charge >= 0.3 is 0 Å². The SMILES string of the molecule is CCCC1CCCN(c2nc(CCl)co2)CC1. The highest BCUT2D eigenvalue weighted by Gasteiger charge is 2.19. The smallest absolute Gasteiger partial charge is 0.297 e. The van der Waals surface area contributed by atoms with Gasteiger partial charge in [0.1, 0.15) is 6.26 Å². The van der Waals surface area contributed by atoms with Crippen molar-refractivity contribution < 1.29 is 4.42 Å². The minimum Gasteiger partial charge on any atom is -0.432 e. The number of hydrogen-bond donors (Lipinski definition) is 0. The summed E-state index contributed by atoms with van der Waals surface area (Å²) in [5.74, 6) is 1.31. The van der Waals surface area contributed by atoms with Gasteiger partial charge < -0.3 is 9.32 Å². The number of rotatable bonds is 4. The Kier molecular flexibility index (Phi) is 4.72. The standard InChI is InChI=1S/C13H21ClN2O/c1-2-4-11-5-3-7-16(8-6-11)13-15-12(9-14)10-17-13/h10-11H,2-9H2,1H3. The Balaban J connectivity index is 1.93. The summed E-state index contributed by atoms with van der Waals surface area (Å²) in [7, 11) is 0. The van der Waals surface area contributed by atoms with E-state index in [9.17, 15) is 0 Å². The van der Waals surface area contributed by atoms with Crippen LogP contribution in [0.5, 0.6) is 0 Å². The monoisotopic (exact) mass is 256 g/mol. The number of halogens is 1. The van der Waals surface area contributed by atoms with E-state index < -0.39 is 0 Å². The van der Waals surface area contributed by atoms with Gasteiger partial charge in [-0.05, 0) is 25.2 Å². The van der Waals surface area contributed by atoms with Gasteiger partial charge in [-0.25, -0.2) is 0 Å². The summed E-state index contributed by atoms with van der Waals surface area (Å²) < 4.78 is 5.48. The fourth-order valence-electron chi connectivity index (χ4n) is 2.56. The summed E-state index contributed by atoms with van der Waals surface area (Å²) in [4.78, 5) is 6.65. The molecule has 1 aromatic rings. The Morgan fingerprint density at radius 2 is 2.35 bits per heavy atom. The zero-order chi connectivity index (χ0) is 12.1. The normalized spacial score (nSPS) is 21.5. The third kappa shape index (κ3) is 3.38. The third-order valence-corrected chi connectivity index (χ3v) is 3.77. The number of nitrogens with zero attached hydrogens (tertiary/aromatic N) is 2. The van der Waals surface area contributed by atoms with Gasteiger partial charge in [-0.3, -0.25) is 0 Å². The highest BCUT2D eigenvalue weighted by Crippen LogP contribution is 2.25. The van der Waals surface area contributed by atoms with E-state index in [1.54, 1.807) is 6.26 Å².